The van der Waals surface area contributed by atoms with Crippen molar-refractivity contribution >= 4 is 11.6 Å². The van der Waals surface area contributed by atoms with Gasteiger partial charge in [0.15, 0.2) is 5.82 Å². The van der Waals surface area contributed by atoms with Crippen molar-refractivity contribution in [1.82, 2.24) is 9.97 Å². The zero-order chi connectivity index (χ0) is 12.3. The summed E-state index contributed by atoms with van der Waals surface area (Å²) in [6.45, 7) is 2.58. The highest BCUT2D eigenvalue weighted by Crippen LogP contribution is 2.35. The van der Waals surface area contributed by atoms with Gasteiger partial charge in [0.2, 0.25) is 0 Å². The summed E-state index contributed by atoms with van der Waals surface area (Å²) in [6.07, 6.45) is 2.42. The average molecular weight is 237 g/mol. The standard InChI is InChI=1S/C11H19N5O/c1-3-7-4-8(7)13-9-5-10(16-12)15-11(14-9)6-17-2/h5,7-8H,3-4,6,12H2,1-2H3,(H2,13,14,15,16). The lowest BCUT2D eigenvalue weighted by molar-refractivity contribution is 0.178. The van der Waals surface area contributed by atoms with E-state index in [0.717, 1.165) is 11.7 Å². The Hall–Kier alpha value is -1.40. The number of aromatic nitrogens is 2. The monoisotopic (exact) mass is 237 g/mol. The molecule has 1 aromatic heterocycles. The average Bonchev–Trinajstić information content (AvgIpc) is 3.07. The molecule has 94 valence electrons. The largest absolute Gasteiger partial charge is 0.377 e. The van der Waals surface area contributed by atoms with E-state index in [0.29, 0.717) is 24.3 Å². The number of nitrogens with zero attached hydrogens (tertiary/aromatic N) is 2. The Labute approximate surface area is 101 Å². The second-order valence-corrected chi connectivity index (χ2v) is 4.29. The summed E-state index contributed by atoms with van der Waals surface area (Å²) in [7, 11) is 1.62. The fourth-order valence-electron chi connectivity index (χ4n) is 1.90. The van der Waals surface area contributed by atoms with Crippen molar-refractivity contribution in [3.63, 3.8) is 0 Å². The molecule has 2 atom stereocenters. The number of anilines is 2. The zero-order valence-electron chi connectivity index (χ0n) is 10.2. The molecule has 2 rings (SSSR count). The van der Waals surface area contributed by atoms with Gasteiger partial charge in [-0.05, 0) is 12.3 Å². The van der Waals surface area contributed by atoms with E-state index in [-0.39, 0.29) is 0 Å². The Morgan fingerprint density at radius 3 is 2.82 bits per heavy atom. The molecule has 1 heterocycles. The van der Waals surface area contributed by atoms with Crippen molar-refractivity contribution in [3.05, 3.63) is 11.9 Å². The molecule has 0 amide bonds. The van der Waals surface area contributed by atoms with Gasteiger partial charge in [0, 0.05) is 19.2 Å². The van der Waals surface area contributed by atoms with Crippen LogP contribution in [-0.2, 0) is 11.3 Å². The van der Waals surface area contributed by atoms with E-state index in [4.69, 9.17) is 10.6 Å². The molecule has 1 aromatic rings. The van der Waals surface area contributed by atoms with E-state index in [9.17, 15) is 0 Å². The van der Waals surface area contributed by atoms with Crippen molar-refractivity contribution in [1.29, 1.82) is 0 Å². The lowest BCUT2D eigenvalue weighted by atomic mass is 10.3. The number of nitrogens with one attached hydrogen (secondary N) is 2. The molecule has 4 N–H and O–H groups in total. The van der Waals surface area contributed by atoms with Gasteiger partial charge in [-0.15, -0.1) is 0 Å². The van der Waals surface area contributed by atoms with Crippen molar-refractivity contribution in [2.24, 2.45) is 11.8 Å². The second kappa shape index (κ2) is 5.29. The van der Waals surface area contributed by atoms with Gasteiger partial charge in [-0.2, -0.15) is 0 Å². The maximum absolute atomic E-state index is 5.37. The predicted octanol–water partition coefficient (Wildman–Crippen LogP) is 1.12. The first-order chi connectivity index (χ1) is 8.26. The minimum atomic E-state index is 0.381. The molecule has 0 bridgehead atoms. The Bertz CT molecular complexity index is 384. The highest BCUT2D eigenvalue weighted by atomic mass is 16.5. The molecule has 0 aliphatic heterocycles. The lowest BCUT2D eigenvalue weighted by Crippen LogP contribution is -2.13. The molecule has 1 aliphatic rings. The molecule has 2 unspecified atom stereocenters. The number of ether oxygens (including phenoxy) is 1. The first-order valence-corrected chi connectivity index (χ1v) is 5.86. The highest BCUT2D eigenvalue weighted by Gasteiger charge is 2.35. The van der Waals surface area contributed by atoms with Crippen LogP contribution in [0.1, 0.15) is 25.6 Å². The summed E-state index contributed by atoms with van der Waals surface area (Å²) < 4.78 is 5.02. The SMILES string of the molecule is CCC1CC1Nc1cc(NN)nc(COC)n1. The second-order valence-electron chi connectivity index (χ2n) is 4.29. The van der Waals surface area contributed by atoms with Crippen LogP contribution < -0.4 is 16.6 Å². The minimum absolute atomic E-state index is 0.381. The highest BCUT2D eigenvalue weighted by molar-refractivity contribution is 5.48. The molecule has 17 heavy (non-hydrogen) atoms. The Balaban J connectivity index is 2.07. The van der Waals surface area contributed by atoms with E-state index in [2.05, 4.69) is 27.6 Å². The van der Waals surface area contributed by atoms with E-state index in [1.807, 2.05) is 6.07 Å². The van der Waals surface area contributed by atoms with Gasteiger partial charge >= 0.3 is 0 Å². The number of rotatable bonds is 6. The number of hydrogen-bond donors (Lipinski definition) is 3. The molecule has 1 saturated carbocycles. The predicted molar refractivity (Wildman–Crippen MR) is 66.4 cm³/mol. The van der Waals surface area contributed by atoms with E-state index in [1.54, 1.807) is 7.11 Å². The quantitative estimate of drug-likeness (QED) is 0.508. The van der Waals surface area contributed by atoms with Crippen LogP contribution in [0.5, 0.6) is 0 Å². The van der Waals surface area contributed by atoms with Crippen LogP contribution >= 0.6 is 0 Å². The van der Waals surface area contributed by atoms with Crippen LogP contribution in [0.15, 0.2) is 6.07 Å². The maximum Gasteiger partial charge on any atom is 0.158 e. The van der Waals surface area contributed by atoms with Crippen LogP contribution in [-0.4, -0.2) is 23.1 Å². The van der Waals surface area contributed by atoms with Gasteiger partial charge in [-0.25, -0.2) is 15.8 Å². The third kappa shape index (κ3) is 3.04. The van der Waals surface area contributed by atoms with Crippen LogP contribution in [0, 0.1) is 5.92 Å². The normalized spacial score (nSPS) is 22.3. The van der Waals surface area contributed by atoms with Crippen LogP contribution in [0.2, 0.25) is 0 Å². The molecule has 1 fully saturated rings. The van der Waals surface area contributed by atoms with Gasteiger partial charge in [0.05, 0.1) is 0 Å². The van der Waals surface area contributed by atoms with Crippen molar-refractivity contribution in [2.75, 3.05) is 17.9 Å². The first-order valence-electron chi connectivity index (χ1n) is 5.86. The summed E-state index contributed by atoms with van der Waals surface area (Å²) in [5, 5.41) is 3.39. The van der Waals surface area contributed by atoms with Gasteiger partial charge in [0.1, 0.15) is 18.2 Å². The van der Waals surface area contributed by atoms with E-state index in [1.165, 1.54) is 12.8 Å². The fraction of sp³-hybridized carbons (Fsp3) is 0.636. The van der Waals surface area contributed by atoms with Crippen LogP contribution in [0.3, 0.4) is 0 Å². The smallest absolute Gasteiger partial charge is 0.158 e. The third-order valence-electron chi connectivity index (χ3n) is 2.97. The minimum Gasteiger partial charge on any atom is -0.377 e. The molecule has 6 nitrogen and oxygen atoms in total. The Kier molecular flexibility index (Phi) is 3.75. The van der Waals surface area contributed by atoms with Crippen molar-refractivity contribution in [2.45, 2.75) is 32.4 Å². The first kappa shape index (κ1) is 12.1. The fourth-order valence-corrected chi connectivity index (χ4v) is 1.90. The third-order valence-corrected chi connectivity index (χ3v) is 2.97. The molecule has 6 heteroatoms. The molecule has 0 spiro atoms. The molecular formula is C11H19N5O. The van der Waals surface area contributed by atoms with Gasteiger partial charge in [0.25, 0.3) is 0 Å². The zero-order valence-corrected chi connectivity index (χ0v) is 10.2. The Morgan fingerprint density at radius 2 is 2.24 bits per heavy atom. The summed E-state index contributed by atoms with van der Waals surface area (Å²) >= 11 is 0. The molecule has 0 saturated heterocycles. The topological polar surface area (TPSA) is 85.1 Å². The van der Waals surface area contributed by atoms with E-state index < -0.39 is 0 Å². The van der Waals surface area contributed by atoms with Crippen LogP contribution in [0.4, 0.5) is 11.6 Å². The van der Waals surface area contributed by atoms with Crippen molar-refractivity contribution in [3.8, 4) is 0 Å². The molecule has 0 radical (unpaired) electrons. The number of nitrogens with two attached hydrogens (primary N) is 1. The van der Waals surface area contributed by atoms with E-state index >= 15 is 0 Å². The summed E-state index contributed by atoms with van der Waals surface area (Å²) in [6, 6.07) is 2.35. The molecule has 0 aromatic carbocycles. The summed E-state index contributed by atoms with van der Waals surface area (Å²) in [5.41, 5.74) is 2.54. The van der Waals surface area contributed by atoms with Crippen LogP contribution in [0.25, 0.3) is 0 Å². The summed E-state index contributed by atoms with van der Waals surface area (Å²) in [5.74, 6) is 8.17. The van der Waals surface area contributed by atoms with Gasteiger partial charge < -0.3 is 15.5 Å². The summed E-state index contributed by atoms with van der Waals surface area (Å²) in [4.78, 5) is 8.57. The molecular weight excluding hydrogens is 218 g/mol. The van der Waals surface area contributed by atoms with Gasteiger partial charge in [-0.3, -0.25) is 0 Å². The number of hydrazine groups is 1. The molecule has 1 aliphatic carbocycles. The maximum atomic E-state index is 5.37. The number of hydrogen-bond acceptors (Lipinski definition) is 6. The Morgan fingerprint density at radius 1 is 1.47 bits per heavy atom. The van der Waals surface area contributed by atoms with Gasteiger partial charge in [-0.1, -0.05) is 13.3 Å². The number of nitrogen functional groups attached to an aromatic ring is 1. The van der Waals surface area contributed by atoms with Crippen molar-refractivity contribution < 1.29 is 4.74 Å². The lowest BCUT2D eigenvalue weighted by Gasteiger charge is -2.09. The number of methoxy groups -OCH3 is 1.